The van der Waals surface area contributed by atoms with Crippen molar-refractivity contribution >= 4 is 11.8 Å². The van der Waals surface area contributed by atoms with Crippen molar-refractivity contribution in [3.8, 4) is 11.5 Å². The minimum Gasteiger partial charge on any atom is -0.493 e. The molecule has 0 aliphatic carbocycles. The Balaban J connectivity index is 2.24. The third-order valence-corrected chi connectivity index (χ3v) is 3.30. The number of imide groups is 1. The van der Waals surface area contributed by atoms with Crippen LogP contribution >= 0.6 is 0 Å². The minimum atomic E-state index is -0.284. The lowest BCUT2D eigenvalue weighted by molar-refractivity contribution is -0.124. The molecule has 1 saturated heterocycles. The smallest absolute Gasteiger partial charge is 0.254 e. The summed E-state index contributed by atoms with van der Waals surface area (Å²) in [5, 5.41) is 2.29. The number of carbonyl (C=O) groups excluding carboxylic acids is 2. The number of hydrogen-bond acceptors (Lipinski definition) is 4. The second-order valence-corrected chi connectivity index (χ2v) is 4.68. The third kappa shape index (κ3) is 2.82. The van der Waals surface area contributed by atoms with Crippen LogP contribution in [-0.2, 0) is 16.0 Å². The minimum absolute atomic E-state index is 0.165. The Morgan fingerprint density at radius 1 is 1.20 bits per heavy atom. The summed E-state index contributed by atoms with van der Waals surface area (Å²) in [5.41, 5.74) is 2.45. The van der Waals surface area contributed by atoms with Gasteiger partial charge in [-0.2, -0.15) is 0 Å². The predicted octanol–water partition coefficient (Wildman–Crippen LogP) is 1.61. The Bertz CT molecular complexity index is 590. The molecule has 1 aromatic rings. The number of hydrogen-bond donors (Lipinski definition) is 1. The maximum absolute atomic E-state index is 11.6. The largest absolute Gasteiger partial charge is 0.493 e. The van der Waals surface area contributed by atoms with Crippen molar-refractivity contribution in [2.45, 2.75) is 19.8 Å². The van der Waals surface area contributed by atoms with Crippen molar-refractivity contribution in [2.24, 2.45) is 0 Å². The molecule has 5 nitrogen and oxygen atoms in total. The Hall–Kier alpha value is -2.30. The average molecular weight is 275 g/mol. The molecule has 0 spiro atoms. The molecule has 2 rings (SSSR count). The third-order valence-electron chi connectivity index (χ3n) is 3.30. The Labute approximate surface area is 117 Å². The lowest BCUT2D eigenvalue weighted by atomic mass is 10.00. The molecule has 1 aromatic carbocycles. The van der Waals surface area contributed by atoms with Crippen LogP contribution in [0.15, 0.2) is 29.3 Å². The van der Waals surface area contributed by atoms with E-state index in [0.29, 0.717) is 23.5 Å². The van der Waals surface area contributed by atoms with E-state index in [4.69, 9.17) is 9.47 Å². The van der Waals surface area contributed by atoms with Gasteiger partial charge in [0.2, 0.25) is 5.91 Å². The highest BCUT2D eigenvalue weighted by molar-refractivity contribution is 6.13. The molecular weight excluding hydrogens is 258 g/mol. The molecule has 1 aliphatic rings. The molecular formula is C15H17NO4. The van der Waals surface area contributed by atoms with Crippen LogP contribution in [0.3, 0.4) is 0 Å². The molecule has 1 heterocycles. The number of amides is 2. The van der Waals surface area contributed by atoms with Crippen LogP contribution in [0.25, 0.3) is 0 Å². The number of rotatable bonds is 4. The van der Waals surface area contributed by atoms with Crippen LogP contribution in [0.1, 0.15) is 18.9 Å². The molecule has 0 radical (unpaired) electrons. The Morgan fingerprint density at radius 2 is 1.90 bits per heavy atom. The molecule has 0 aromatic heterocycles. The van der Waals surface area contributed by atoms with Crippen LogP contribution in [0.4, 0.5) is 0 Å². The van der Waals surface area contributed by atoms with E-state index in [2.05, 4.69) is 5.32 Å². The Kier molecular flexibility index (Phi) is 4.08. The summed E-state index contributed by atoms with van der Waals surface area (Å²) < 4.78 is 10.4. The zero-order chi connectivity index (χ0) is 14.7. The maximum Gasteiger partial charge on any atom is 0.254 e. The summed E-state index contributed by atoms with van der Waals surface area (Å²) in [7, 11) is 3.16. The van der Waals surface area contributed by atoms with Crippen molar-refractivity contribution in [1.29, 1.82) is 0 Å². The maximum atomic E-state index is 11.6. The molecule has 106 valence electrons. The molecule has 0 unspecified atom stereocenters. The molecule has 5 heteroatoms. The van der Waals surface area contributed by atoms with Crippen LogP contribution in [0.2, 0.25) is 0 Å². The summed E-state index contributed by atoms with van der Waals surface area (Å²) in [6, 6.07) is 5.61. The lowest BCUT2D eigenvalue weighted by Crippen LogP contribution is -2.19. The fourth-order valence-electron chi connectivity index (χ4n) is 2.24. The number of nitrogens with one attached hydrogen (secondary N) is 1. The summed E-state index contributed by atoms with van der Waals surface area (Å²) in [6.45, 7) is 1.87. The standard InChI is InChI=1S/C15H17NO4/c1-9(11-8-14(17)16-15(11)18)6-10-4-5-12(19-2)13(7-10)20-3/h4-5,7H,6,8H2,1-3H3,(H,16,17,18)/b11-9-. The normalized spacial score (nSPS) is 16.9. The first kappa shape index (κ1) is 14.1. The fraction of sp³-hybridized carbons (Fsp3) is 0.333. The van der Waals surface area contributed by atoms with Crippen LogP contribution in [-0.4, -0.2) is 26.0 Å². The number of allylic oxidation sites excluding steroid dienone is 1. The number of ether oxygens (including phenoxy) is 2. The van der Waals surface area contributed by atoms with E-state index < -0.39 is 0 Å². The van der Waals surface area contributed by atoms with Gasteiger partial charge in [-0.3, -0.25) is 14.9 Å². The monoisotopic (exact) mass is 275 g/mol. The topological polar surface area (TPSA) is 64.6 Å². The molecule has 1 aliphatic heterocycles. The van der Waals surface area contributed by atoms with Crippen molar-refractivity contribution in [1.82, 2.24) is 5.32 Å². The van der Waals surface area contributed by atoms with E-state index in [1.54, 1.807) is 14.2 Å². The summed E-state index contributed by atoms with van der Waals surface area (Å²) in [6.07, 6.45) is 0.758. The second kappa shape index (κ2) is 5.77. The molecule has 0 saturated carbocycles. The number of benzene rings is 1. The van der Waals surface area contributed by atoms with Crippen molar-refractivity contribution in [3.63, 3.8) is 0 Å². The number of methoxy groups -OCH3 is 2. The zero-order valence-electron chi connectivity index (χ0n) is 11.8. The highest BCUT2D eigenvalue weighted by Gasteiger charge is 2.25. The van der Waals surface area contributed by atoms with Crippen molar-refractivity contribution in [2.75, 3.05) is 14.2 Å². The van der Waals surface area contributed by atoms with Crippen molar-refractivity contribution < 1.29 is 19.1 Å². The van der Waals surface area contributed by atoms with E-state index in [1.807, 2.05) is 25.1 Å². The van der Waals surface area contributed by atoms with Gasteiger partial charge in [0.1, 0.15) is 0 Å². The van der Waals surface area contributed by atoms with Gasteiger partial charge < -0.3 is 9.47 Å². The lowest BCUT2D eigenvalue weighted by Gasteiger charge is -2.10. The van der Waals surface area contributed by atoms with Crippen LogP contribution < -0.4 is 14.8 Å². The molecule has 0 bridgehead atoms. The highest BCUT2D eigenvalue weighted by atomic mass is 16.5. The van der Waals surface area contributed by atoms with E-state index in [9.17, 15) is 9.59 Å². The first-order valence-corrected chi connectivity index (χ1v) is 6.29. The first-order valence-electron chi connectivity index (χ1n) is 6.29. The zero-order valence-corrected chi connectivity index (χ0v) is 11.8. The van der Waals surface area contributed by atoms with Gasteiger partial charge in [-0.15, -0.1) is 0 Å². The van der Waals surface area contributed by atoms with E-state index in [1.165, 1.54) is 0 Å². The van der Waals surface area contributed by atoms with Gasteiger partial charge in [-0.25, -0.2) is 0 Å². The first-order chi connectivity index (χ1) is 9.55. The predicted molar refractivity (Wildman–Crippen MR) is 73.7 cm³/mol. The van der Waals surface area contributed by atoms with E-state index in [0.717, 1.165) is 11.1 Å². The average Bonchev–Trinajstić information content (AvgIpc) is 2.77. The summed E-state index contributed by atoms with van der Waals surface area (Å²) >= 11 is 0. The molecule has 1 fully saturated rings. The highest BCUT2D eigenvalue weighted by Crippen LogP contribution is 2.29. The van der Waals surface area contributed by atoms with Gasteiger partial charge in [0.05, 0.1) is 20.6 Å². The van der Waals surface area contributed by atoms with Gasteiger partial charge in [0.25, 0.3) is 5.91 Å². The van der Waals surface area contributed by atoms with Crippen molar-refractivity contribution in [3.05, 3.63) is 34.9 Å². The molecule has 2 amide bonds. The quantitative estimate of drug-likeness (QED) is 0.669. The molecule has 0 atom stereocenters. The molecule has 1 N–H and O–H groups in total. The van der Waals surface area contributed by atoms with E-state index in [-0.39, 0.29) is 18.2 Å². The van der Waals surface area contributed by atoms with E-state index >= 15 is 0 Å². The summed E-state index contributed by atoms with van der Waals surface area (Å²) in [5.74, 6) is 0.787. The second-order valence-electron chi connectivity index (χ2n) is 4.68. The van der Waals surface area contributed by atoms with Gasteiger partial charge in [0.15, 0.2) is 11.5 Å². The Morgan fingerprint density at radius 3 is 2.45 bits per heavy atom. The summed E-state index contributed by atoms with van der Waals surface area (Å²) in [4.78, 5) is 22.8. The number of carbonyl (C=O) groups is 2. The van der Waals surface area contributed by atoms with Crippen LogP contribution in [0.5, 0.6) is 11.5 Å². The SMILES string of the molecule is COc1ccc(C/C(C)=C2/CC(=O)NC2=O)cc1OC. The van der Waals surface area contributed by atoms with Gasteiger partial charge in [-0.05, 0) is 31.0 Å². The molecule has 20 heavy (non-hydrogen) atoms. The van der Waals surface area contributed by atoms with Gasteiger partial charge >= 0.3 is 0 Å². The fourth-order valence-corrected chi connectivity index (χ4v) is 2.24. The van der Waals surface area contributed by atoms with Gasteiger partial charge in [0, 0.05) is 5.57 Å². The van der Waals surface area contributed by atoms with Gasteiger partial charge in [-0.1, -0.05) is 11.6 Å². The van der Waals surface area contributed by atoms with Crippen LogP contribution in [0, 0.1) is 0 Å².